The van der Waals surface area contributed by atoms with Gasteiger partial charge in [-0.15, -0.1) is 10.2 Å². The van der Waals surface area contributed by atoms with E-state index in [1.165, 1.54) is 16.7 Å². The molecule has 0 aliphatic carbocycles. The zero-order valence-electron chi connectivity index (χ0n) is 12.0. The van der Waals surface area contributed by atoms with E-state index in [0.29, 0.717) is 5.92 Å². The van der Waals surface area contributed by atoms with Crippen molar-refractivity contribution < 1.29 is 0 Å². The maximum Gasteiger partial charge on any atom is 0.147 e. The topological polar surface area (TPSA) is 37.8 Å². The SMILES string of the molecule is Cc1cc(C)cc(-c2nnc(CNCC(C)C)s2)c1. The number of nitrogens with zero attached hydrogens (tertiary/aromatic N) is 2. The van der Waals surface area contributed by atoms with E-state index >= 15 is 0 Å². The summed E-state index contributed by atoms with van der Waals surface area (Å²) in [5.74, 6) is 0.659. The summed E-state index contributed by atoms with van der Waals surface area (Å²) in [6.07, 6.45) is 0. The van der Waals surface area contributed by atoms with Gasteiger partial charge in [0, 0.05) is 12.1 Å². The van der Waals surface area contributed by atoms with Crippen molar-refractivity contribution in [3.05, 3.63) is 34.3 Å². The van der Waals surface area contributed by atoms with Crippen LogP contribution in [0.2, 0.25) is 0 Å². The molecule has 0 aliphatic rings. The minimum atomic E-state index is 0.659. The fourth-order valence-electron chi connectivity index (χ4n) is 2.01. The molecule has 0 bridgehead atoms. The number of aromatic nitrogens is 2. The highest BCUT2D eigenvalue weighted by Crippen LogP contribution is 2.25. The van der Waals surface area contributed by atoms with E-state index in [2.05, 4.69) is 61.4 Å². The number of hydrogen-bond acceptors (Lipinski definition) is 4. The van der Waals surface area contributed by atoms with Gasteiger partial charge in [-0.1, -0.05) is 42.4 Å². The number of rotatable bonds is 5. The summed E-state index contributed by atoms with van der Waals surface area (Å²) < 4.78 is 0. The average molecular weight is 275 g/mol. The number of aryl methyl sites for hydroxylation is 2. The van der Waals surface area contributed by atoms with Crippen LogP contribution in [0.3, 0.4) is 0 Å². The molecule has 0 saturated heterocycles. The van der Waals surface area contributed by atoms with Gasteiger partial charge in [0.05, 0.1) is 0 Å². The van der Waals surface area contributed by atoms with Crippen LogP contribution in [-0.4, -0.2) is 16.7 Å². The third-order valence-corrected chi connectivity index (χ3v) is 3.74. The normalized spacial score (nSPS) is 11.2. The van der Waals surface area contributed by atoms with E-state index in [-0.39, 0.29) is 0 Å². The van der Waals surface area contributed by atoms with Crippen molar-refractivity contribution in [2.45, 2.75) is 34.2 Å². The quantitative estimate of drug-likeness (QED) is 0.906. The van der Waals surface area contributed by atoms with Gasteiger partial charge in [-0.25, -0.2) is 0 Å². The summed E-state index contributed by atoms with van der Waals surface area (Å²) >= 11 is 1.67. The third-order valence-electron chi connectivity index (χ3n) is 2.76. The Hall–Kier alpha value is -1.26. The van der Waals surface area contributed by atoms with Gasteiger partial charge in [-0.3, -0.25) is 0 Å². The monoisotopic (exact) mass is 275 g/mol. The molecule has 0 atom stereocenters. The molecule has 2 rings (SSSR count). The molecule has 1 heterocycles. The summed E-state index contributed by atoms with van der Waals surface area (Å²) in [6, 6.07) is 6.51. The molecule has 0 unspecified atom stereocenters. The molecule has 0 fully saturated rings. The maximum absolute atomic E-state index is 4.29. The van der Waals surface area contributed by atoms with Crippen LogP contribution in [0.15, 0.2) is 18.2 Å². The highest BCUT2D eigenvalue weighted by Gasteiger charge is 2.07. The highest BCUT2D eigenvalue weighted by atomic mass is 32.1. The van der Waals surface area contributed by atoms with Crippen LogP contribution in [0.4, 0.5) is 0 Å². The van der Waals surface area contributed by atoms with Crippen LogP contribution in [-0.2, 0) is 6.54 Å². The second-order valence-corrected chi connectivity index (χ2v) is 6.46. The van der Waals surface area contributed by atoms with Gasteiger partial charge in [0.25, 0.3) is 0 Å². The molecule has 3 nitrogen and oxygen atoms in total. The maximum atomic E-state index is 4.29. The molecule has 102 valence electrons. The van der Waals surface area contributed by atoms with E-state index in [4.69, 9.17) is 0 Å². The highest BCUT2D eigenvalue weighted by molar-refractivity contribution is 7.14. The molecular weight excluding hydrogens is 254 g/mol. The molecule has 1 aromatic heterocycles. The Morgan fingerprint density at radius 1 is 1.11 bits per heavy atom. The van der Waals surface area contributed by atoms with Gasteiger partial charge in [-0.05, 0) is 38.4 Å². The first-order valence-corrected chi connectivity index (χ1v) is 7.48. The largest absolute Gasteiger partial charge is 0.310 e. The molecule has 0 amide bonds. The number of hydrogen-bond donors (Lipinski definition) is 1. The number of nitrogens with one attached hydrogen (secondary N) is 1. The van der Waals surface area contributed by atoms with Gasteiger partial charge in [-0.2, -0.15) is 0 Å². The summed E-state index contributed by atoms with van der Waals surface area (Å²) in [5.41, 5.74) is 3.71. The fourth-order valence-corrected chi connectivity index (χ4v) is 2.80. The summed E-state index contributed by atoms with van der Waals surface area (Å²) in [4.78, 5) is 0. The molecule has 0 radical (unpaired) electrons. The second-order valence-electron chi connectivity index (χ2n) is 5.40. The van der Waals surface area contributed by atoms with Crippen LogP contribution < -0.4 is 5.32 Å². The Kier molecular flexibility index (Phi) is 4.66. The predicted molar refractivity (Wildman–Crippen MR) is 81.4 cm³/mol. The van der Waals surface area contributed by atoms with Gasteiger partial charge < -0.3 is 5.32 Å². The first-order chi connectivity index (χ1) is 9.04. The average Bonchev–Trinajstić information content (AvgIpc) is 2.76. The molecule has 1 aromatic carbocycles. The van der Waals surface area contributed by atoms with Crippen LogP contribution in [0.25, 0.3) is 10.6 Å². The van der Waals surface area contributed by atoms with Crippen LogP contribution in [0.1, 0.15) is 30.0 Å². The second kappa shape index (κ2) is 6.26. The predicted octanol–water partition coefficient (Wildman–Crippen LogP) is 3.57. The van der Waals surface area contributed by atoms with Crippen molar-refractivity contribution in [2.75, 3.05) is 6.54 Å². The van der Waals surface area contributed by atoms with Crippen LogP contribution in [0, 0.1) is 19.8 Å². The van der Waals surface area contributed by atoms with Crippen molar-refractivity contribution >= 4 is 11.3 Å². The summed E-state index contributed by atoms with van der Waals surface area (Å²) in [7, 11) is 0. The van der Waals surface area contributed by atoms with Crippen molar-refractivity contribution in [3.63, 3.8) is 0 Å². The Bertz CT molecular complexity index is 526. The van der Waals surface area contributed by atoms with Crippen molar-refractivity contribution in [1.82, 2.24) is 15.5 Å². The van der Waals surface area contributed by atoms with E-state index in [1.54, 1.807) is 11.3 Å². The minimum Gasteiger partial charge on any atom is -0.310 e. The van der Waals surface area contributed by atoms with Crippen LogP contribution >= 0.6 is 11.3 Å². The van der Waals surface area contributed by atoms with Crippen molar-refractivity contribution in [3.8, 4) is 10.6 Å². The van der Waals surface area contributed by atoms with E-state index < -0.39 is 0 Å². The van der Waals surface area contributed by atoms with Crippen LogP contribution in [0.5, 0.6) is 0 Å². The van der Waals surface area contributed by atoms with Crippen molar-refractivity contribution in [1.29, 1.82) is 0 Å². The zero-order valence-corrected chi connectivity index (χ0v) is 12.8. The van der Waals surface area contributed by atoms with Gasteiger partial charge in [0.2, 0.25) is 0 Å². The lowest BCUT2D eigenvalue weighted by Gasteiger charge is -2.04. The van der Waals surface area contributed by atoms with E-state index in [0.717, 1.165) is 23.1 Å². The molecule has 2 aromatic rings. The Morgan fingerprint density at radius 3 is 2.42 bits per heavy atom. The molecule has 4 heteroatoms. The third kappa shape index (κ3) is 4.11. The molecule has 1 N–H and O–H groups in total. The summed E-state index contributed by atoms with van der Waals surface area (Å²) in [5, 5.41) is 14.0. The first kappa shape index (κ1) is 14.2. The standard InChI is InChI=1S/C15H21N3S/c1-10(2)8-16-9-14-17-18-15(19-14)13-6-11(3)5-12(4)7-13/h5-7,10,16H,8-9H2,1-4H3. The van der Waals surface area contributed by atoms with E-state index in [9.17, 15) is 0 Å². The molecular formula is C15H21N3S. The smallest absolute Gasteiger partial charge is 0.147 e. The van der Waals surface area contributed by atoms with Gasteiger partial charge in [0.15, 0.2) is 0 Å². The fraction of sp³-hybridized carbons (Fsp3) is 0.467. The lowest BCUT2D eigenvalue weighted by atomic mass is 10.1. The lowest BCUT2D eigenvalue weighted by Crippen LogP contribution is -2.18. The first-order valence-electron chi connectivity index (χ1n) is 6.66. The molecule has 0 aliphatic heterocycles. The Labute approximate surface area is 119 Å². The molecule has 0 saturated carbocycles. The summed E-state index contributed by atoms with van der Waals surface area (Å²) in [6.45, 7) is 10.5. The zero-order chi connectivity index (χ0) is 13.8. The Balaban J connectivity index is 2.07. The molecule has 19 heavy (non-hydrogen) atoms. The van der Waals surface area contributed by atoms with Gasteiger partial charge >= 0.3 is 0 Å². The van der Waals surface area contributed by atoms with Gasteiger partial charge in [0.1, 0.15) is 10.0 Å². The van der Waals surface area contributed by atoms with Crippen molar-refractivity contribution in [2.24, 2.45) is 5.92 Å². The lowest BCUT2D eigenvalue weighted by molar-refractivity contribution is 0.550. The molecule has 0 spiro atoms. The number of benzene rings is 1. The van der Waals surface area contributed by atoms with E-state index in [1.807, 2.05) is 0 Å². The minimum absolute atomic E-state index is 0.659. The Morgan fingerprint density at radius 2 is 1.79 bits per heavy atom.